The minimum Gasteiger partial charge on any atom is -0.462 e. The number of amides is 3. The van der Waals surface area contributed by atoms with Crippen molar-refractivity contribution in [1.82, 2.24) is 59.3 Å². The van der Waals surface area contributed by atoms with Gasteiger partial charge in [0.2, 0.25) is 31.4 Å². The molecule has 8 aromatic rings. The SMILES string of the molecule is C.S.S.S.S.[C-]#[N+]C[C@H]1CN(c2nc(OC[C@@H]3CCCN3C)nc3c2CCN(c2cccc(C)c2C)C3)CCN1C(=O)/C=C/C(F)(F)F.[C-]#[N+]C[C@H]1CN(c2nc(OC[C@@H]3CCCN3C)nc3c2CCN(c2cccc4cccc(Cl)c24)C3)CCN1C(=O)/C=C/C(F)F.[C-]#[N+]C[C@H]1CN(c2nc(OC[C@@H]3CCCN3C)nc3c2CCN(c2cccc4cccc(Cl)c24)C3)CCN1C(=O)C(=C)COC. The smallest absolute Gasteiger partial charge is 0.409 e. The van der Waals surface area contributed by atoms with Crippen LogP contribution in [0, 0.1) is 33.6 Å². The van der Waals surface area contributed by atoms with Gasteiger partial charge in [-0.05, 0) is 171 Å². The molecule has 6 fully saturated rings. The lowest BCUT2D eigenvalue weighted by molar-refractivity contribution is -0.130. The summed E-state index contributed by atoms with van der Waals surface area (Å²) in [7, 11) is 7.87. The van der Waals surface area contributed by atoms with Crippen LogP contribution in [0.4, 0.5) is 56.5 Å². The average molecular weight is 2020 g/mol. The molecule has 6 saturated heterocycles. The van der Waals surface area contributed by atoms with Crippen molar-refractivity contribution in [2.75, 3.05) is 202 Å². The lowest BCUT2D eigenvalue weighted by Gasteiger charge is -2.41. The summed E-state index contributed by atoms with van der Waals surface area (Å²) in [6.07, 6.45) is 3.42. The Morgan fingerprint density at radius 1 is 0.486 bits per heavy atom. The Kier molecular flexibility index (Phi) is 39.8. The highest BCUT2D eigenvalue weighted by atomic mass is 35.5. The van der Waals surface area contributed by atoms with E-state index in [9.17, 15) is 36.3 Å². The Morgan fingerprint density at radius 3 is 1.20 bits per heavy atom. The van der Waals surface area contributed by atoms with Gasteiger partial charge >= 0.3 is 24.2 Å². The number of halogens is 7. The van der Waals surface area contributed by atoms with Gasteiger partial charge in [-0.15, -0.1) is 0 Å². The summed E-state index contributed by atoms with van der Waals surface area (Å²) >= 11 is 13.4. The quantitative estimate of drug-likeness (QED) is 0.0312. The van der Waals surface area contributed by atoms with Gasteiger partial charge in [-0.2, -0.15) is 97.1 Å². The van der Waals surface area contributed by atoms with Crippen LogP contribution < -0.4 is 43.6 Å². The first kappa shape index (κ1) is 110. The molecule has 0 unspecified atom stereocenters. The zero-order valence-electron chi connectivity index (χ0n) is 78.2. The number of methoxy groups -OCH3 is 1. The van der Waals surface area contributed by atoms with Crippen molar-refractivity contribution in [3.8, 4) is 18.0 Å². The Bertz CT molecular complexity index is 5770. The Morgan fingerprint density at radius 2 is 0.841 bits per heavy atom. The molecule has 3 amide bonds. The van der Waals surface area contributed by atoms with Crippen molar-refractivity contribution in [1.29, 1.82) is 0 Å². The largest absolute Gasteiger partial charge is 0.462 e. The van der Waals surface area contributed by atoms with Crippen LogP contribution in [0.15, 0.2) is 127 Å². The van der Waals surface area contributed by atoms with Crippen molar-refractivity contribution in [3.63, 3.8) is 0 Å². The summed E-state index contributed by atoms with van der Waals surface area (Å²) in [6, 6.07) is 31.2. The Balaban J connectivity index is 0.000000210. The number of hydrogen-bond acceptors (Lipinski definition) is 22. The predicted octanol–water partition coefficient (Wildman–Crippen LogP) is 14.8. The summed E-state index contributed by atoms with van der Waals surface area (Å²) in [6.45, 7) is 43.1. The summed E-state index contributed by atoms with van der Waals surface area (Å²) < 4.78 is 87.6. The molecule has 0 bridgehead atoms. The molecule has 9 aliphatic rings. The van der Waals surface area contributed by atoms with Crippen molar-refractivity contribution in [2.45, 2.75) is 148 Å². The van der Waals surface area contributed by atoms with Gasteiger partial charge in [0, 0.05) is 172 Å². The zero-order valence-corrected chi connectivity index (χ0v) is 83.7. The highest BCUT2D eigenvalue weighted by Gasteiger charge is 2.42. The lowest BCUT2D eigenvalue weighted by Crippen LogP contribution is -2.57. The number of ether oxygens (including phenoxy) is 4. The van der Waals surface area contributed by atoms with Gasteiger partial charge < -0.3 is 92.3 Å². The van der Waals surface area contributed by atoms with E-state index in [1.807, 2.05) is 35.2 Å². The van der Waals surface area contributed by atoms with Crippen LogP contribution >= 0.6 is 77.2 Å². The summed E-state index contributed by atoms with van der Waals surface area (Å²) in [4.78, 5) is 104. The number of benzene rings is 5. The minimum absolute atomic E-state index is 0. The number of nitrogens with zero attached hydrogens (tertiary/aromatic N) is 21. The van der Waals surface area contributed by atoms with E-state index in [2.05, 4.69) is 156 Å². The number of carbonyl (C=O) groups is 3. The number of hydrogen-bond donors (Lipinski definition) is 0. The third kappa shape index (κ3) is 26.1. The number of likely N-dealkylation sites (N-methyl/N-ethyl adjacent to an activating group) is 3. The Labute approximate surface area is 844 Å². The first-order chi connectivity index (χ1) is 64.2. The van der Waals surface area contributed by atoms with Crippen LogP contribution in [0.25, 0.3) is 36.1 Å². The molecule has 0 radical (unpaired) electrons. The van der Waals surface area contributed by atoms with Gasteiger partial charge in [-0.1, -0.05) is 97.9 Å². The molecule has 0 saturated carbocycles. The molecule has 9 aliphatic heterocycles. The first-order valence-corrected chi connectivity index (χ1v) is 46.4. The second kappa shape index (κ2) is 50.2. The molecule has 0 N–H and O–H groups in total. The number of alkyl halides is 5. The maximum Gasteiger partial charge on any atom is 0.409 e. The van der Waals surface area contributed by atoms with E-state index in [4.69, 9.17) is 91.8 Å². The van der Waals surface area contributed by atoms with Crippen LogP contribution in [0.2, 0.25) is 10.0 Å². The van der Waals surface area contributed by atoms with Gasteiger partial charge in [-0.25, -0.2) is 28.5 Å². The molecule has 39 heteroatoms. The molecule has 742 valence electrons. The number of aromatic nitrogens is 6. The maximum absolute atomic E-state index is 13.2. The molecule has 0 spiro atoms. The molecule has 17 rings (SSSR count). The lowest BCUT2D eigenvalue weighted by atomic mass is 10.0. The van der Waals surface area contributed by atoms with Crippen molar-refractivity contribution < 1.29 is 55.3 Å². The van der Waals surface area contributed by atoms with Crippen LogP contribution in [0.5, 0.6) is 18.0 Å². The number of aryl methyl sites for hydroxylation is 1. The molecule has 3 aromatic heterocycles. The highest BCUT2D eigenvalue weighted by Crippen LogP contribution is 2.42. The standard InChI is InChI=1S/C34H40ClN7O3.C33H36ClF2N7O2.C31H38F3N7O2.CH4.4H2S/c1-23(21-44-4)33(43)42-17-16-41(19-26(42)18-36-2)32-27-13-15-40(30-12-6-9-24-8-5-11-28(35)31(24)30)20-29(27)37-34(38-32)45-22-25-10-7-14-39(25)3;1-37-18-24-19-42(16-17-43(24)30(44)12-11-29(35)36)32-25-13-15-41(28-10-4-7-22-6-3-9-26(34)31(22)28)20-27(25)38-33(39-32)45-21-23-8-5-14-40(23)2;1-21-7-5-9-27(22(21)2)39-14-11-25-26(19-39)36-30(43-20-23-8-6-13-38(23)4)37-29(25)40-15-16-41(24(18-40)17-35-3)28(42)10-12-31(32,33)34;;;;;/h5-6,8-9,11-12,25-26H,1,7,10,13-22H2,3-4H3;3-4,6-7,9-12,23-24,29H,5,8,13-21H2,2H3;5,7,9-10,12,23-24H,6,8,11,13-20H2,1-2,4H3;1H4;4*1H2/b;12-11+;12-10+;;;;;/t25-,26-;2*23-,24-;;;;;/m000...../s1. The number of piperazine rings is 3. The van der Waals surface area contributed by atoms with Crippen LogP contribution in [0.3, 0.4) is 0 Å². The molecule has 6 atom stereocenters. The van der Waals surface area contributed by atoms with Crippen molar-refractivity contribution in [2.24, 2.45) is 0 Å². The van der Waals surface area contributed by atoms with Crippen LogP contribution in [-0.4, -0.2) is 298 Å². The number of carbonyl (C=O) groups excluding carboxylic acids is 3. The first-order valence-electron chi connectivity index (χ1n) is 45.6. The van der Waals surface area contributed by atoms with E-state index in [1.54, 1.807) is 12.0 Å². The van der Waals surface area contributed by atoms with E-state index in [-0.39, 0.29) is 131 Å². The molecule has 138 heavy (non-hydrogen) atoms. The Hall–Kier alpha value is -10.4. The van der Waals surface area contributed by atoms with Gasteiger partial charge in [0.25, 0.3) is 12.3 Å². The summed E-state index contributed by atoms with van der Waals surface area (Å²) in [5.41, 5.74) is 11.9. The highest BCUT2D eigenvalue weighted by molar-refractivity contribution is 7.59. The van der Waals surface area contributed by atoms with Gasteiger partial charge in [0.05, 0.1) is 53.4 Å². The maximum atomic E-state index is 13.2. The number of allylic oxidation sites excluding steroid dienone is 2. The van der Waals surface area contributed by atoms with Gasteiger partial charge in [0.1, 0.15) is 55.4 Å². The number of anilines is 6. The van der Waals surface area contributed by atoms with E-state index >= 15 is 0 Å². The van der Waals surface area contributed by atoms with Crippen molar-refractivity contribution >= 4 is 151 Å². The van der Waals surface area contributed by atoms with Gasteiger partial charge in [0.15, 0.2) is 0 Å². The van der Waals surface area contributed by atoms with E-state index < -0.39 is 36.5 Å². The fraction of sp³-hybridized carbons (Fsp3) is 0.495. The second-order valence-electron chi connectivity index (χ2n) is 35.5. The average Bonchev–Trinajstić information content (AvgIpc) is 1.19. The normalized spacial score (nSPS) is 20.0. The molecular formula is C99H126Cl2F5N21O7S4. The molecule has 0 aliphatic carbocycles. The third-order valence-corrected chi connectivity index (χ3v) is 27.7. The van der Waals surface area contributed by atoms with Gasteiger partial charge in [-0.3, -0.25) is 14.4 Å². The topological polar surface area (TPSA) is 217 Å². The van der Waals surface area contributed by atoms with E-state index in [1.165, 1.54) is 20.9 Å². The fourth-order valence-electron chi connectivity index (χ4n) is 19.7. The summed E-state index contributed by atoms with van der Waals surface area (Å²) in [5, 5.41) is 5.64. The molecule has 12 heterocycles. The fourth-order valence-corrected chi connectivity index (χ4v) is 20.3. The number of rotatable bonds is 24. The van der Waals surface area contributed by atoms with Crippen LogP contribution in [-0.2, 0) is 58.0 Å². The van der Waals surface area contributed by atoms with Crippen molar-refractivity contribution in [3.05, 3.63) is 217 Å². The molecule has 5 aromatic carbocycles. The zero-order chi connectivity index (χ0) is 93.7. The number of likely N-dealkylation sites (tertiary alicyclic amines) is 3. The molecule has 28 nitrogen and oxygen atoms in total. The van der Waals surface area contributed by atoms with E-state index in [0.29, 0.717) is 150 Å². The monoisotopic (exact) mass is 2010 g/mol. The predicted molar refractivity (Wildman–Crippen MR) is 555 cm³/mol. The molecular weight excluding hydrogens is 1890 g/mol. The third-order valence-electron chi connectivity index (χ3n) is 27.1. The number of fused-ring (bicyclic) bond motifs is 5. The van der Waals surface area contributed by atoms with Crippen LogP contribution in [0.1, 0.15) is 90.9 Å². The minimum atomic E-state index is -4.58. The van der Waals surface area contributed by atoms with E-state index in [0.717, 1.165) is 179 Å². The summed E-state index contributed by atoms with van der Waals surface area (Å²) in [5.74, 6) is 0.877. The second-order valence-corrected chi connectivity index (χ2v) is 36.3.